The summed E-state index contributed by atoms with van der Waals surface area (Å²) in [7, 11) is 1.68. The zero-order valence-electron chi connectivity index (χ0n) is 22.0. The molecule has 9 heteroatoms. The van der Waals surface area contributed by atoms with Crippen molar-refractivity contribution in [3.05, 3.63) is 58.4 Å². The van der Waals surface area contributed by atoms with Gasteiger partial charge in [-0.25, -0.2) is 4.79 Å². The van der Waals surface area contributed by atoms with Crippen LogP contribution < -0.4 is 10.2 Å². The van der Waals surface area contributed by atoms with E-state index in [2.05, 4.69) is 32.0 Å². The molecule has 0 bridgehead atoms. The number of carbonyl (C=O) groups is 1. The van der Waals surface area contributed by atoms with Gasteiger partial charge >= 0.3 is 6.03 Å². The zero-order chi connectivity index (χ0) is 26.2. The molecule has 196 valence electrons. The molecule has 0 unspecified atom stereocenters. The van der Waals surface area contributed by atoms with Crippen LogP contribution in [0.4, 0.5) is 16.3 Å². The molecular formula is C29H33N7O2. The van der Waals surface area contributed by atoms with E-state index in [-0.39, 0.29) is 6.03 Å². The number of hydrogen-bond acceptors (Lipinski definition) is 6. The Hall–Kier alpha value is -3.90. The van der Waals surface area contributed by atoms with Gasteiger partial charge in [-0.3, -0.25) is 9.67 Å². The standard InChI is InChI=1S/C29H33N7O2/c1-19-5-3-7-25(32-19)23-15-20-6-4-11-35(27(20)16-21(23)17-30)28-24-18-34(29(37)31-2)12-8-26(24)36(33-28)22-9-13-38-14-10-22/h3,5,7,15-16,22H,4,6,8-14,18H2,1-2H3,(H,31,37). The van der Waals surface area contributed by atoms with E-state index in [9.17, 15) is 10.1 Å². The maximum absolute atomic E-state index is 12.6. The van der Waals surface area contributed by atoms with Gasteiger partial charge in [-0.2, -0.15) is 10.4 Å². The smallest absolute Gasteiger partial charge is 0.317 e. The molecule has 2 aromatic heterocycles. The molecule has 1 aromatic carbocycles. The van der Waals surface area contributed by atoms with Crippen LogP contribution >= 0.6 is 0 Å². The highest BCUT2D eigenvalue weighted by atomic mass is 16.5. The van der Waals surface area contributed by atoms with Gasteiger partial charge < -0.3 is 19.9 Å². The second-order valence-corrected chi connectivity index (χ2v) is 10.3. The minimum Gasteiger partial charge on any atom is -0.381 e. The molecule has 6 rings (SSSR count). The van der Waals surface area contributed by atoms with Crippen LogP contribution in [0.5, 0.6) is 0 Å². The average molecular weight is 512 g/mol. The maximum Gasteiger partial charge on any atom is 0.317 e. The topological polar surface area (TPSA) is 99.3 Å². The number of fused-ring (bicyclic) bond motifs is 2. The number of nitrogens with zero attached hydrogens (tertiary/aromatic N) is 6. The molecule has 0 saturated carbocycles. The van der Waals surface area contributed by atoms with Crippen LogP contribution in [0.25, 0.3) is 11.3 Å². The largest absolute Gasteiger partial charge is 0.381 e. The number of aromatic nitrogens is 3. The van der Waals surface area contributed by atoms with Gasteiger partial charge in [-0.15, -0.1) is 0 Å². The second-order valence-electron chi connectivity index (χ2n) is 10.3. The second kappa shape index (κ2) is 10.1. The quantitative estimate of drug-likeness (QED) is 0.564. The van der Waals surface area contributed by atoms with Crippen molar-refractivity contribution in [2.75, 3.05) is 38.3 Å². The minimum absolute atomic E-state index is 0.0680. The summed E-state index contributed by atoms with van der Waals surface area (Å²) < 4.78 is 7.85. The summed E-state index contributed by atoms with van der Waals surface area (Å²) >= 11 is 0. The van der Waals surface area contributed by atoms with E-state index in [1.807, 2.05) is 36.1 Å². The number of urea groups is 1. The first-order chi connectivity index (χ1) is 18.6. The van der Waals surface area contributed by atoms with Crippen LogP contribution in [0, 0.1) is 18.3 Å². The molecule has 3 aliphatic rings. The number of anilines is 2. The molecule has 1 fully saturated rings. The third-order valence-corrected chi connectivity index (χ3v) is 7.98. The molecule has 0 atom stereocenters. The Kier molecular flexibility index (Phi) is 6.50. The Labute approximate surface area is 223 Å². The molecule has 1 N–H and O–H groups in total. The van der Waals surface area contributed by atoms with Gasteiger partial charge in [0.05, 0.1) is 29.9 Å². The predicted octanol–water partition coefficient (Wildman–Crippen LogP) is 4.26. The summed E-state index contributed by atoms with van der Waals surface area (Å²) in [6, 6.07) is 12.7. The highest BCUT2D eigenvalue weighted by Gasteiger charge is 2.34. The Balaban J connectivity index is 1.45. The summed E-state index contributed by atoms with van der Waals surface area (Å²) in [6.45, 7) is 5.46. The highest BCUT2D eigenvalue weighted by Crippen LogP contribution is 2.41. The van der Waals surface area contributed by atoms with E-state index < -0.39 is 0 Å². The molecule has 0 aliphatic carbocycles. The van der Waals surface area contributed by atoms with Gasteiger partial charge in [-0.05, 0) is 62.4 Å². The summed E-state index contributed by atoms with van der Waals surface area (Å²) in [5.74, 6) is 0.909. The van der Waals surface area contributed by atoms with Crippen LogP contribution in [0.15, 0.2) is 30.3 Å². The molecule has 5 heterocycles. The van der Waals surface area contributed by atoms with Crippen molar-refractivity contribution in [2.24, 2.45) is 0 Å². The molecule has 9 nitrogen and oxygen atoms in total. The van der Waals surface area contributed by atoms with Crippen molar-refractivity contribution in [3.8, 4) is 17.3 Å². The lowest BCUT2D eigenvalue weighted by molar-refractivity contribution is 0.0651. The first-order valence-electron chi connectivity index (χ1n) is 13.5. The lowest BCUT2D eigenvalue weighted by Gasteiger charge is -2.33. The van der Waals surface area contributed by atoms with Crippen LogP contribution in [-0.4, -0.2) is 59.0 Å². The van der Waals surface area contributed by atoms with Gasteiger partial charge in [0.1, 0.15) is 0 Å². The van der Waals surface area contributed by atoms with E-state index in [0.717, 1.165) is 85.9 Å². The number of amides is 2. The molecule has 0 spiro atoms. The predicted molar refractivity (Wildman–Crippen MR) is 144 cm³/mol. The lowest BCUT2D eigenvalue weighted by Crippen LogP contribution is -2.42. The van der Waals surface area contributed by atoms with Crippen molar-refractivity contribution < 1.29 is 9.53 Å². The number of aryl methyl sites for hydroxylation is 2. The molecule has 3 aliphatic heterocycles. The van der Waals surface area contributed by atoms with E-state index >= 15 is 0 Å². The first kappa shape index (κ1) is 24.4. The summed E-state index contributed by atoms with van der Waals surface area (Å²) in [5.41, 5.74) is 7.79. The van der Waals surface area contributed by atoms with Gasteiger partial charge in [0.15, 0.2) is 5.82 Å². The fourth-order valence-corrected chi connectivity index (χ4v) is 6.06. The van der Waals surface area contributed by atoms with Crippen molar-refractivity contribution >= 4 is 17.5 Å². The van der Waals surface area contributed by atoms with E-state index in [4.69, 9.17) is 9.84 Å². The number of ether oxygens (including phenoxy) is 1. The van der Waals surface area contributed by atoms with Gasteiger partial charge in [0, 0.05) is 68.0 Å². The van der Waals surface area contributed by atoms with Crippen molar-refractivity contribution in [2.45, 2.75) is 51.6 Å². The summed E-state index contributed by atoms with van der Waals surface area (Å²) in [4.78, 5) is 21.4. The molecule has 38 heavy (non-hydrogen) atoms. The number of pyridine rings is 1. The van der Waals surface area contributed by atoms with Crippen molar-refractivity contribution in [3.63, 3.8) is 0 Å². The molecule has 3 aromatic rings. The molecule has 1 saturated heterocycles. The average Bonchev–Trinajstić information content (AvgIpc) is 3.35. The minimum atomic E-state index is -0.0680. The number of carbonyl (C=O) groups excluding carboxylic acids is 1. The molecule has 0 radical (unpaired) electrons. The number of hydrogen-bond donors (Lipinski definition) is 1. The number of nitriles is 1. The SMILES string of the molecule is CNC(=O)N1CCc2c(c(N3CCCc4cc(-c5cccc(C)n5)c(C#N)cc43)nn2C2CCOCC2)C1. The van der Waals surface area contributed by atoms with E-state index in [1.165, 1.54) is 11.3 Å². The fourth-order valence-electron chi connectivity index (χ4n) is 6.06. The van der Waals surface area contributed by atoms with Crippen molar-refractivity contribution in [1.82, 2.24) is 25.0 Å². The van der Waals surface area contributed by atoms with E-state index in [1.54, 1.807) is 7.05 Å². The number of benzene rings is 1. The van der Waals surface area contributed by atoms with Crippen LogP contribution in [-0.2, 0) is 24.1 Å². The summed E-state index contributed by atoms with van der Waals surface area (Å²) in [5, 5.41) is 18.1. The van der Waals surface area contributed by atoms with Crippen LogP contribution in [0.3, 0.4) is 0 Å². The van der Waals surface area contributed by atoms with Gasteiger partial charge in [-0.1, -0.05) is 6.07 Å². The monoisotopic (exact) mass is 511 g/mol. The van der Waals surface area contributed by atoms with Gasteiger partial charge in [0.25, 0.3) is 0 Å². The first-order valence-corrected chi connectivity index (χ1v) is 13.5. The fraction of sp³-hybridized carbons (Fsp3) is 0.448. The molecule has 2 amide bonds. The molecular weight excluding hydrogens is 478 g/mol. The third-order valence-electron chi connectivity index (χ3n) is 7.98. The Morgan fingerprint density at radius 1 is 1.18 bits per heavy atom. The van der Waals surface area contributed by atoms with Crippen molar-refractivity contribution in [1.29, 1.82) is 5.26 Å². The Morgan fingerprint density at radius 3 is 2.79 bits per heavy atom. The lowest BCUT2D eigenvalue weighted by atomic mass is 9.93. The normalized spacial score (nSPS) is 17.5. The zero-order valence-corrected chi connectivity index (χ0v) is 22.0. The van der Waals surface area contributed by atoms with E-state index in [0.29, 0.717) is 24.7 Å². The number of nitrogens with one attached hydrogen (secondary N) is 1. The van der Waals surface area contributed by atoms with Gasteiger partial charge in [0.2, 0.25) is 0 Å². The van der Waals surface area contributed by atoms with Crippen LogP contribution in [0.2, 0.25) is 0 Å². The third kappa shape index (κ3) is 4.29. The Morgan fingerprint density at radius 2 is 2.03 bits per heavy atom. The Bertz CT molecular complexity index is 1420. The summed E-state index contributed by atoms with van der Waals surface area (Å²) in [6.07, 6.45) is 4.57. The maximum atomic E-state index is 12.6. The highest BCUT2D eigenvalue weighted by molar-refractivity contribution is 5.78. The van der Waals surface area contributed by atoms with Crippen LogP contribution in [0.1, 0.15) is 53.4 Å². The number of rotatable bonds is 3.